The van der Waals surface area contributed by atoms with Crippen LogP contribution in [0.5, 0.6) is 0 Å². The second-order valence-electron chi connectivity index (χ2n) is 3.20. The zero-order valence-corrected chi connectivity index (χ0v) is 6.90. The van der Waals surface area contributed by atoms with Crippen LogP contribution in [0.3, 0.4) is 0 Å². The number of β-amino-alcohol motifs (C(OH)–C–C–N with tert-alkyl or cyclic N) is 1. The SMILES string of the molecule is O=C1NOCC1N1CC(O)CC1=O. The van der Waals surface area contributed by atoms with Crippen LogP contribution in [0.25, 0.3) is 0 Å². The van der Waals surface area contributed by atoms with Gasteiger partial charge in [-0.25, -0.2) is 5.48 Å². The van der Waals surface area contributed by atoms with Gasteiger partial charge in [-0.3, -0.25) is 14.4 Å². The van der Waals surface area contributed by atoms with E-state index in [2.05, 4.69) is 5.48 Å². The lowest BCUT2D eigenvalue weighted by atomic mass is 10.3. The van der Waals surface area contributed by atoms with Crippen LogP contribution in [0.4, 0.5) is 0 Å². The molecule has 2 aliphatic rings. The highest BCUT2D eigenvalue weighted by Crippen LogP contribution is 2.16. The number of nitrogens with zero attached hydrogens (tertiary/aromatic N) is 1. The molecule has 2 unspecified atom stereocenters. The summed E-state index contributed by atoms with van der Waals surface area (Å²) in [6.45, 7) is 0.386. The Balaban J connectivity index is 2.08. The van der Waals surface area contributed by atoms with E-state index in [1.54, 1.807) is 0 Å². The standard InChI is InChI=1S/C7H10N2O4/c10-4-1-6(11)9(2-4)5-3-13-8-7(5)12/h4-5,10H,1-3H2,(H,8,12). The van der Waals surface area contributed by atoms with Gasteiger partial charge in [-0.1, -0.05) is 0 Å². The number of aliphatic hydroxyl groups excluding tert-OH is 1. The van der Waals surface area contributed by atoms with Crippen molar-refractivity contribution < 1.29 is 19.5 Å². The second kappa shape index (κ2) is 2.97. The number of carbonyl (C=O) groups is 2. The first-order chi connectivity index (χ1) is 6.18. The van der Waals surface area contributed by atoms with E-state index in [-0.39, 0.29) is 31.4 Å². The topological polar surface area (TPSA) is 78.9 Å². The fourth-order valence-electron chi connectivity index (χ4n) is 1.58. The molecule has 2 aliphatic heterocycles. The number of nitrogens with one attached hydrogen (secondary N) is 1. The fourth-order valence-corrected chi connectivity index (χ4v) is 1.58. The Morgan fingerprint density at radius 3 is 2.77 bits per heavy atom. The second-order valence-corrected chi connectivity index (χ2v) is 3.20. The van der Waals surface area contributed by atoms with Gasteiger partial charge < -0.3 is 10.0 Å². The minimum absolute atomic E-state index is 0.101. The van der Waals surface area contributed by atoms with E-state index in [4.69, 9.17) is 4.84 Å². The monoisotopic (exact) mass is 186 g/mol. The molecule has 2 fully saturated rings. The molecule has 2 heterocycles. The molecule has 0 saturated carbocycles. The highest BCUT2D eigenvalue weighted by Gasteiger charge is 2.39. The minimum atomic E-state index is -0.652. The van der Waals surface area contributed by atoms with Crippen LogP contribution in [-0.4, -0.2) is 47.1 Å². The van der Waals surface area contributed by atoms with Gasteiger partial charge in [0.1, 0.15) is 12.6 Å². The van der Waals surface area contributed by atoms with Crippen molar-refractivity contribution in [2.75, 3.05) is 13.2 Å². The number of rotatable bonds is 1. The number of aliphatic hydroxyl groups is 1. The molecule has 0 aromatic carbocycles. The number of hydrogen-bond acceptors (Lipinski definition) is 4. The van der Waals surface area contributed by atoms with Gasteiger partial charge >= 0.3 is 0 Å². The first kappa shape index (κ1) is 8.46. The van der Waals surface area contributed by atoms with Crippen molar-refractivity contribution in [2.24, 2.45) is 0 Å². The summed E-state index contributed by atoms with van der Waals surface area (Å²) >= 11 is 0. The molecule has 2 saturated heterocycles. The molecule has 72 valence electrons. The van der Waals surface area contributed by atoms with E-state index >= 15 is 0 Å². The molecule has 2 amide bonds. The van der Waals surface area contributed by atoms with E-state index < -0.39 is 12.1 Å². The van der Waals surface area contributed by atoms with Crippen LogP contribution < -0.4 is 5.48 Å². The normalized spacial score (nSPS) is 34.1. The van der Waals surface area contributed by atoms with Crippen LogP contribution >= 0.6 is 0 Å². The minimum Gasteiger partial charge on any atom is -0.391 e. The number of carbonyl (C=O) groups excluding carboxylic acids is 2. The molecule has 13 heavy (non-hydrogen) atoms. The summed E-state index contributed by atoms with van der Waals surface area (Å²) in [5.41, 5.74) is 2.17. The molecule has 0 aromatic rings. The summed E-state index contributed by atoms with van der Waals surface area (Å²) in [7, 11) is 0. The third kappa shape index (κ3) is 1.38. The molecule has 2 atom stereocenters. The lowest BCUT2D eigenvalue weighted by Gasteiger charge is -2.19. The lowest BCUT2D eigenvalue weighted by Crippen LogP contribution is -2.43. The van der Waals surface area contributed by atoms with Gasteiger partial charge in [0.2, 0.25) is 5.91 Å². The number of hydrogen-bond donors (Lipinski definition) is 2. The Bertz CT molecular complexity index is 255. The molecule has 0 spiro atoms. The number of likely N-dealkylation sites (tertiary alicyclic amines) is 1. The zero-order chi connectivity index (χ0) is 9.42. The van der Waals surface area contributed by atoms with Crippen LogP contribution in [0, 0.1) is 0 Å². The molecule has 2 rings (SSSR count). The first-order valence-electron chi connectivity index (χ1n) is 4.07. The summed E-state index contributed by atoms with van der Waals surface area (Å²) < 4.78 is 0. The molecular formula is C7H10N2O4. The quantitative estimate of drug-likeness (QED) is 0.497. The average molecular weight is 186 g/mol. The van der Waals surface area contributed by atoms with Crippen molar-refractivity contribution in [3.63, 3.8) is 0 Å². The van der Waals surface area contributed by atoms with Crippen molar-refractivity contribution in [2.45, 2.75) is 18.6 Å². The van der Waals surface area contributed by atoms with E-state index in [1.165, 1.54) is 4.90 Å². The highest BCUT2D eigenvalue weighted by molar-refractivity contribution is 5.89. The maximum absolute atomic E-state index is 11.2. The largest absolute Gasteiger partial charge is 0.391 e. The summed E-state index contributed by atoms with van der Waals surface area (Å²) in [6, 6.07) is -0.565. The maximum Gasteiger partial charge on any atom is 0.268 e. The molecule has 0 aliphatic carbocycles. The molecule has 6 nitrogen and oxygen atoms in total. The van der Waals surface area contributed by atoms with Crippen LogP contribution in [-0.2, 0) is 14.4 Å². The van der Waals surface area contributed by atoms with Crippen LogP contribution in [0.1, 0.15) is 6.42 Å². The Kier molecular flexibility index (Phi) is 1.93. The van der Waals surface area contributed by atoms with Crippen LogP contribution in [0.2, 0.25) is 0 Å². The van der Waals surface area contributed by atoms with Gasteiger partial charge in [0.25, 0.3) is 5.91 Å². The molecule has 2 N–H and O–H groups in total. The van der Waals surface area contributed by atoms with E-state index in [0.717, 1.165) is 0 Å². The smallest absolute Gasteiger partial charge is 0.268 e. The Hall–Kier alpha value is -1.14. The molecule has 0 bridgehead atoms. The molecule has 0 aromatic heterocycles. The molecule has 6 heteroatoms. The molecular weight excluding hydrogens is 176 g/mol. The average Bonchev–Trinajstić information content (AvgIpc) is 2.58. The van der Waals surface area contributed by atoms with Crippen molar-refractivity contribution in [3.8, 4) is 0 Å². The summed E-state index contributed by atoms with van der Waals surface area (Å²) in [5.74, 6) is -0.513. The van der Waals surface area contributed by atoms with Gasteiger partial charge in [0.05, 0.1) is 12.5 Å². The predicted octanol–water partition coefficient (Wildman–Crippen LogP) is -1.99. The van der Waals surface area contributed by atoms with Gasteiger partial charge in [-0.2, -0.15) is 0 Å². The van der Waals surface area contributed by atoms with Crippen LogP contribution in [0.15, 0.2) is 0 Å². The predicted molar refractivity (Wildman–Crippen MR) is 40.2 cm³/mol. The zero-order valence-electron chi connectivity index (χ0n) is 6.90. The highest BCUT2D eigenvalue weighted by atomic mass is 16.7. The van der Waals surface area contributed by atoms with E-state index in [0.29, 0.717) is 0 Å². The number of amides is 2. The van der Waals surface area contributed by atoms with Crippen molar-refractivity contribution in [3.05, 3.63) is 0 Å². The summed E-state index contributed by atoms with van der Waals surface area (Å²) in [4.78, 5) is 28.4. The van der Waals surface area contributed by atoms with Gasteiger partial charge in [-0.15, -0.1) is 0 Å². The van der Waals surface area contributed by atoms with Crippen molar-refractivity contribution >= 4 is 11.8 Å². The van der Waals surface area contributed by atoms with E-state index in [9.17, 15) is 14.7 Å². The molecule has 0 radical (unpaired) electrons. The summed E-state index contributed by atoms with van der Waals surface area (Å²) in [6.07, 6.45) is -0.551. The fraction of sp³-hybridized carbons (Fsp3) is 0.714. The Morgan fingerprint density at radius 1 is 1.54 bits per heavy atom. The Morgan fingerprint density at radius 2 is 2.31 bits per heavy atom. The van der Waals surface area contributed by atoms with Gasteiger partial charge in [-0.05, 0) is 0 Å². The van der Waals surface area contributed by atoms with Gasteiger partial charge in [0.15, 0.2) is 0 Å². The van der Waals surface area contributed by atoms with Crippen molar-refractivity contribution in [1.29, 1.82) is 0 Å². The lowest BCUT2D eigenvalue weighted by molar-refractivity contribution is -0.135. The summed E-state index contributed by atoms with van der Waals surface area (Å²) in [5, 5.41) is 9.18. The third-order valence-electron chi connectivity index (χ3n) is 2.23. The maximum atomic E-state index is 11.2. The van der Waals surface area contributed by atoms with Gasteiger partial charge in [0, 0.05) is 6.54 Å². The third-order valence-corrected chi connectivity index (χ3v) is 2.23. The number of hydroxylamine groups is 1. The van der Waals surface area contributed by atoms with E-state index in [1.807, 2.05) is 0 Å². The first-order valence-corrected chi connectivity index (χ1v) is 4.07. The Labute approximate surface area is 74.4 Å². The van der Waals surface area contributed by atoms with Crippen molar-refractivity contribution in [1.82, 2.24) is 10.4 Å².